The number of benzene rings is 3. The van der Waals surface area contributed by atoms with E-state index in [9.17, 15) is 14.7 Å². The predicted octanol–water partition coefficient (Wildman–Crippen LogP) is 7.40. The van der Waals surface area contributed by atoms with E-state index < -0.39 is 18.4 Å². The van der Waals surface area contributed by atoms with E-state index in [1.807, 2.05) is 6.07 Å². The first-order valence-electron chi connectivity index (χ1n) is 16.0. The molecule has 8 heteroatoms. The monoisotopic (exact) mass is 638 g/mol. The molecule has 0 aliphatic carbocycles. The molecule has 1 aliphatic rings. The molecule has 4 aromatic rings. The van der Waals surface area contributed by atoms with Crippen molar-refractivity contribution >= 4 is 29.4 Å². The van der Waals surface area contributed by atoms with Gasteiger partial charge >= 0.3 is 5.97 Å². The maximum absolute atomic E-state index is 14.0. The van der Waals surface area contributed by atoms with Crippen molar-refractivity contribution in [1.82, 2.24) is 14.9 Å². The molecule has 240 valence electrons. The van der Waals surface area contributed by atoms with Gasteiger partial charge in [0.05, 0.1) is 11.3 Å². The quantitative estimate of drug-likeness (QED) is 0.184. The van der Waals surface area contributed by atoms with Crippen LogP contribution in [-0.4, -0.2) is 51.5 Å². The lowest BCUT2D eigenvalue weighted by atomic mass is 9.86. The maximum Gasteiger partial charge on any atom is 0.323 e. The van der Waals surface area contributed by atoms with E-state index in [0.29, 0.717) is 41.0 Å². The summed E-state index contributed by atoms with van der Waals surface area (Å²) >= 11 is 6.19. The molecule has 0 atom stereocenters. The highest BCUT2D eigenvalue weighted by Gasteiger charge is 2.26. The largest absolute Gasteiger partial charge is 0.480 e. The second-order valence-electron chi connectivity index (χ2n) is 13.3. The standard InChI is InChI=1S/C38H43ClN4O3/c1-38(2,3)31-15-12-27(13-16-31)14-17-34-33(36(46)43(26-35(44)45)25-30-10-7-11-32(39)23-30)24-40-37(41-34)42-20-18-29(19-21-42)22-28-8-5-4-6-9-28/h4-13,15-16,23-24,29H,14,17-22,25-26H2,1-3H3,(H,44,45). The lowest BCUT2D eigenvalue weighted by Gasteiger charge is -2.32. The summed E-state index contributed by atoms with van der Waals surface area (Å²) in [6.07, 6.45) is 5.95. The molecule has 0 bridgehead atoms. The number of carbonyl (C=O) groups excluding carboxylic acids is 1. The van der Waals surface area contributed by atoms with E-state index in [1.54, 1.807) is 24.4 Å². The molecular weight excluding hydrogens is 596 g/mol. The fourth-order valence-electron chi connectivity index (χ4n) is 6.04. The number of aryl methyl sites for hydroxylation is 2. The van der Waals surface area contributed by atoms with Crippen molar-refractivity contribution in [2.75, 3.05) is 24.5 Å². The van der Waals surface area contributed by atoms with Crippen LogP contribution in [0.3, 0.4) is 0 Å². The summed E-state index contributed by atoms with van der Waals surface area (Å²) in [7, 11) is 0. The van der Waals surface area contributed by atoms with Gasteiger partial charge in [0.2, 0.25) is 5.95 Å². The molecule has 2 heterocycles. The fourth-order valence-corrected chi connectivity index (χ4v) is 6.25. The van der Waals surface area contributed by atoms with Crippen LogP contribution in [0, 0.1) is 5.92 Å². The summed E-state index contributed by atoms with van der Waals surface area (Å²) in [5, 5.41) is 10.2. The van der Waals surface area contributed by atoms with E-state index in [4.69, 9.17) is 16.6 Å². The summed E-state index contributed by atoms with van der Waals surface area (Å²) in [5.74, 6) is -0.279. The molecule has 0 radical (unpaired) electrons. The molecule has 1 fully saturated rings. The van der Waals surface area contributed by atoms with Crippen LogP contribution in [0.1, 0.15) is 71.9 Å². The van der Waals surface area contributed by atoms with Gasteiger partial charge in [-0.1, -0.05) is 99.1 Å². The molecule has 1 amide bonds. The van der Waals surface area contributed by atoms with E-state index in [2.05, 4.69) is 85.3 Å². The van der Waals surface area contributed by atoms with Crippen molar-refractivity contribution in [3.05, 3.63) is 124 Å². The van der Waals surface area contributed by atoms with Gasteiger partial charge in [0.25, 0.3) is 5.91 Å². The number of hydrogen-bond acceptors (Lipinski definition) is 5. The van der Waals surface area contributed by atoms with Gasteiger partial charge in [-0.25, -0.2) is 9.97 Å². The van der Waals surface area contributed by atoms with E-state index in [0.717, 1.165) is 43.5 Å². The van der Waals surface area contributed by atoms with Crippen molar-refractivity contribution in [2.24, 2.45) is 5.92 Å². The first-order valence-corrected chi connectivity index (χ1v) is 16.4. The number of nitrogens with zero attached hydrogens (tertiary/aromatic N) is 4. The molecule has 0 spiro atoms. The summed E-state index contributed by atoms with van der Waals surface area (Å²) < 4.78 is 0. The van der Waals surface area contributed by atoms with E-state index in [-0.39, 0.29) is 12.0 Å². The number of piperidine rings is 1. The Morgan fingerprint density at radius 2 is 1.61 bits per heavy atom. The smallest absolute Gasteiger partial charge is 0.323 e. The van der Waals surface area contributed by atoms with Crippen molar-refractivity contribution < 1.29 is 14.7 Å². The minimum atomic E-state index is -1.09. The fraction of sp³-hybridized carbons (Fsp3) is 0.368. The van der Waals surface area contributed by atoms with Gasteiger partial charge in [0.1, 0.15) is 6.54 Å². The zero-order valence-corrected chi connectivity index (χ0v) is 27.7. The number of anilines is 1. The number of carbonyl (C=O) groups is 2. The van der Waals surface area contributed by atoms with Gasteiger partial charge in [-0.2, -0.15) is 0 Å². The molecule has 7 nitrogen and oxygen atoms in total. The van der Waals surface area contributed by atoms with Crippen LogP contribution >= 0.6 is 11.6 Å². The van der Waals surface area contributed by atoms with Crippen molar-refractivity contribution in [2.45, 2.75) is 64.8 Å². The highest BCUT2D eigenvalue weighted by atomic mass is 35.5. The molecule has 3 aromatic carbocycles. The van der Waals surface area contributed by atoms with Crippen LogP contribution in [0.15, 0.2) is 85.1 Å². The third-order valence-corrected chi connectivity index (χ3v) is 8.93. The Morgan fingerprint density at radius 3 is 2.26 bits per heavy atom. The normalized spacial score (nSPS) is 13.9. The zero-order valence-electron chi connectivity index (χ0n) is 27.0. The molecule has 1 N–H and O–H groups in total. The number of carboxylic acids is 1. The highest BCUT2D eigenvalue weighted by Crippen LogP contribution is 2.26. The molecular formula is C38H43ClN4O3. The number of amides is 1. The number of rotatable bonds is 11. The van der Waals surface area contributed by atoms with Gasteiger partial charge in [-0.3, -0.25) is 9.59 Å². The number of aliphatic carboxylic acids is 1. The van der Waals surface area contributed by atoms with Crippen molar-refractivity contribution in [3.63, 3.8) is 0 Å². The molecule has 0 saturated carbocycles. The number of aromatic nitrogens is 2. The number of hydrogen-bond donors (Lipinski definition) is 1. The first-order chi connectivity index (χ1) is 22.0. The number of halogens is 1. The molecule has 5 rings (SSSR count). The molecule has 1 aliphatic heterocycles. The number of carboxylic acid groups (broad SMARTS) is 1. The van der Waals surface area contributed by atoms with Gasteiger partial charge in [0, 0.05) is 30.9 Å². The van der Waals surface area contributed by atoms with Crippen LogP contribution in [0.5, 0.6) is 0 Å². The molecule has 0 unspecified atom stereocenters. The lowest BCUT2D eigenvalue weighted by molar-refractivity contribution is -0.137. The second-order valence-corrected chi connectivity index (χ2v) is 13.7. The van der Waals surface area contributed by atoms with Crippen LogP contribution in [0.4, 0.5) is 5.95 Å². The minimum Gasteiger partial charge on any atom is -0.480 e. The Kier molecular flexibility index (Phi) is 10.7. The Labute approximate surface area is 277 Å². The van der Waals surface area contributed by atoms with E-state index >= 15 is 0 Å². The average Bonchev–Trinajstić information content (AvgIpc) is 3.03. The second kappa shape index (κ2) is 14.9. The summed E-state index contributed by atoms with van der Waals surface area (Å²) in [4.78, 5) is 39.0. The third kappa shape index (κ3) is 8.94. The SMILES string of the molecule is CC(C)(C)c1ccc(CCc2nc(N3CCC(Cc4ccccc4)CC3)ncc2C(=O)N(CC(=O)O)Cc2cccc(Cl)c2)cc1. The van der Waals surface area contributed by atoms with Gasteiger partial charge < -0.3 is 14.9 Å². The van der Waals surface area contributed by atoms with Crippen LogP contribution in [-0.2, 0) is 36.0 Å². The van der Waals surface area contributed by atoms with Gasteiger partial charge in [-0.15, -0.1) is 0 Å². The Bertz CT molecular complexity index is 1630. The van der Waals surface area contributed by atoms with Crippen molar-refractivity contribution in [1.29, 1.82) is 0 Å². The zero-order chi connectivity index (χ0) is 32.7. The Balaban J connectivity index is 1.38. The Morgan fingerprint density at radius 1 is 0.913 bits per heavy atom. The maximum atomic E-state index is 14.0. The van der Waals surface area contributed by atoms with Gasteiger partial charge in [0.15, 0.2) is 0 Å². The molecule has 1 saturated heterocycles. The summed E-state index contributed by atoms with van der Waals surface area (Å²) in [6, 6.07) is 26.3. The highest BCUT2D eigenvalue weighted by molar-refractivity contribution is 6.30. The van der Waals surface area contributed by atoms with Crippen molar-refractivity contribution in [3.8, 4) is 0 Å². The Hall–Kier alpha value is -4.23. The first kappa shape index (κ1) is 33.1. The summed E-state index contributed by atoms with van der Waals surface area (Å²) in [5.41, 5.74) is 5.54. The van der Waals surface area contributed by atoms with Crippen LogP contribution in [0.2, 0.25) is 5.02 Å². The van der Waals surface area contributed by atoms with E-state index in [1.165, 1.54) is 16.0 Å². The summed E-state index contributed by atoms with van der Waals surface area (Å²) in [6.45, 7) is 7.93. The molecule has 46 heavy (non-hydrogen) atoms. The average molecular weight is 639 g/mol. The topological polar surface area (TPSA) is 86.6 Å². The third-order valence-electron chi connectivity index (χ3n) is 8.70. The van der Waals surface area contributed by atoms with Gasteiger partial charge in [-0.05, 0) is 77.8 Å². The van der Waals surface area contributed by atoms with Crippen LogP contribution in [0.25, 0.3) is 0 Å². The lowest BCUT2D eigenvalue weighted by Crippen LogP contribution is -2.37. The molecule has 1 aromatic heterocycles. The van der Waals surface area contributed by atoms with Crippen LogP contribution < -0.4 is 4.90 Å². The minimum absolute atomic E-state index is 0.0603. The predicted molar refractivity (Wildman–Crippen MR) is 183 cm³/mol.